The molecule has 1 aromatic rings. The Morgan fingerprint density at radius 2 is 1.86 bits per heavy atom. The molecule has 1 aliphatic heterocycles. The highest BCUT2D eigenvalue weighted by atomic mass is 16.2. The van der Waals surface area contributed by atoms with Gasteiger partial charge in [-0.3, -0.25) is 19.3 Å². The number of hydrogen-bond acceptors (Lipinski definition) is 3. The molecule has 0 N–H and O–H groups in total. The van der Waals surface area contributed by atoms with Gasteiger partial charge in [0.2, 0.25) is 11.8 Å². The second-order valence-corrected chi connectivity index (χ2v) is 6.25. The first-order valence-electron chi connectivity index (χ1n) is 7.48. The molecular formula is C17H19NO3. The zero-order valence-electron chi connectivity index (χ0n) is 12.3. The molecule has 2 aliphatic rings. The Kier molecular flexibility index (Phi) is 3.40. The molecule has 21 heavy (non-hydrogen) atoms. The van der Waals surface area contributed by atoms with Gasteiger partial charge in [-0.25, -0.2) is 0 Å². The quantitative estimate of drug-likeness (QED) is 0.620. The monoisotopic (exact) mass is 285 g/mol. The molecule has 4 nitrogen and oxygen atoms in total. The number of Topliss-reactive ketones (excluding diaryl/α,β-unsaturated/α-hetero) is 1. The molecule has 1 heterocycles. The van der Waals surface area contributed by atoms with Crippen LogP contribution in [0.1, 0.15) is 43.5 Å². The number of imide groups is 1. The van der Waals surface area contributed by atoms with Crippen LogP contribution in [-0.4, -0.2) is 17.6 Å². The molecule has 0 aromatic heterocycles. The summed E-state index contributed by atoms with van der Waals surface area (Å²) in [6.07, 6.45) is 2.58. The van der Waals surface area contributed by atoms with Crippen molar-refractivity contribution in [1.29, 1.82) is 0 Å². The summed E-state index contributed by atoms with van der Waals surface area (Å²) in [5, 5.41) is 0. The number of fused-ring (bicyclic) bond motifs is 1. The number of nitrogens with zero attached hydrogens (tertiary/aromatic N) is 1. The zero-order valence-corrected chi connectivity index (χ0v) is 12.3. The van der Waals surface area contributed by atoms with E-state index in [1.165, 1.54) is 11.8 Å². The number of benzene rings is 1. The van der Waals surface area contributed by atoms with Crippen LogP contribution in [0.15, 0.2) is 24.3 Å². The number of rotatable bonds is 2. The summed E-state index contributed by atoms with van der Waals surface area (Å²) in [6, 6.07) is 6.78. The fraction of sp³-hybridized carbons (Fsp3) is 0.471. The van der Waals surface area contributed by atoms with Crippen LogP contribution in [0.4, 0.5) is 5.69 Å². The lowest BCUT2D eigenvalue weighted by molar-refractivity contribution is -0.122. The predicted octanol–water partition coefficient (Wildman–Crippen LogP) is 2.81. The van der Waals surface area contributed by atoms with Gasteiger partial charge in [0.25, 0.3) is 0 Å². The first-order valence-corrected chi connectivity index (χ1v) is 7.48. The topological polar surface area (TPSA) is 54.5 Å². The Morgan fingerprint density at radius 1 is 1.14 bits per heavy atom. The van der Waals surface area contributed by atoms with Gasteiger partial charge in [-0.2, -0.15) is 0 Å². The van der Waals surface area contributed by atoms with Crippen LogP contribution >= 0.6 is 0 Å². The first kappa shape index (κ1) is 14.0. The highest BCUT2D eigenvalue weighted by Gasteiger charge is 2.49. The average molecular weight is 285 g/mol. The molecule has 1 saturated carbocycles. The molecule has 4 heteroatoms. The van der Waals surface area contributed by atoms with Crippen LogP contribution < -0.4 is 4.90 Å². The summed E-state index contributed by atoms with van der Waals surface area (Å²) in [7, 11) is 0. The van der Waals surface area contributed by atoms with Gasteiger partial charge in [-0.15, -0.1) is 0 Å². The maximum atomic E-state index is 12.6. The minimum atomic E-state index is -0.178. The van der Waals surface area contributed by atoms with Crippen molar-refractivity contribution in [3.63, 3.8) is 0 Å². The number of ketones is 1. The summed E-state index contributed by atoms with van der Waals surface area (Å²) < 4.78 is 0. The van der Waals surface area contributed by atoms with E-state index in [2.05, 4.69) is 6.92 Å². The smallest absolute Gasteiger partial charge is 0.237 e. The standard InChI is InChI=1S/C17H19NO3/c1-10-6-7-14-15(8-10)17(21)18(16(14)20)13-5-3-4-12(9-13)11(2)19/h3-5,9-10,14-15H,6-8H2,1-2H3/t10-,14-,15+/m0/s1. The van der Waals surface area contributed by atoms with Crippen molar-refractivity contribution in [3.05, 3.63) is 29.8 Å². The number of carbonyl (C=O) groups excluding carboxylic acids is 3. The molecule has 3 atom stereocenters. The van der Waals surface area contributed by atoms with E-state index in [9.17, 15) is 14.4 Å². The highest BCUT2D eigenvalue weighted by molar-refractivity contribution is 6.22. The first-order chi connectivity index (χ1) is 9.99. The number of carbonyl (C=O) groups is 3. The van der Waals surface area contributed by atoms with Crippen molar-refractivity contribution < 1.29 is 14.4 Å². The van der Waals surface area contributed by atoms with E-state index in [0.29, 0.717) is 17.2 Å². The molecule has 1 aromatic carbocycles. The van der Waals surface area contributed by atoms with E-state index < -0.39 is 0 Å². The van der Waals surface area contributed by atoms with Crippen molar-refractivity contribution in [2.45, 2.75) is 33.1 Å². The third-order valence-corrected chi connectivity index (χ3v) is 4.70. The minimum Gasteiger partial charge on any atom is -0.295 e. The molecule has 3 rings (SSSR count). The van der Waals surface area contributed by atoms with Crippen molar-refractivity contribution in [2.24, 2.45) is 17.8 Å². The van der Waals surface area contributed by atoms with Crippen molar-refractivity contribution in [2.75, 3.05) is 4.90 Å². The minimum absolute atomic E-state index is 0.0676. The number of hydrogen-bond donors (Lipinski definition) is 0. The summed E-state index contributed by atoms with van der Waals surface area (Å²) in [5.74, 6) is -0.125. The summed E-state index contributed by atoms with van der Waals surface area (Å²) >= 11 is 0. The van der Waals surface area contributed by atoms with Crippen LogP contribution in [0.2, 0.25) is 0 Å². The molecule has 0 spiro atoms. The highest BCUT2D eigenvalue weighted by Crippen LogP contribution is 2.42. The predicted molar refractivity (Wildman–Crippen MR) is 78.9 cm³/mol. The van der Waals surface area contributed by atoms with Crippen molar-refractivity contribution in [1.82, 2.24) is 0 Å². The van der Waals surface area contributed by atoms with E-state index >= 15 is 0 Å². The normalized spacial score (nSPS) is 28.7. The Labute approximate surface area is 124 Å². The molecule has 110 valence electrons. The lowest BCUT2D eigenvalue weighted by Gasteiger charge is -2.25. The van der Waals surface area contributed by atoms with E-state index in [1.807, 2.05) is 0 Å². The van der Waals surface area contributed by atoms with Gasteiger partial charge >= 0.3 is 0 Å². The van der Waals surface area contributed by atoms with E-state index in [-0.39, 0.29) is 29.4 Å². The zero-order chi connectivity index (χ0) is 15.1. The van der Waals surface area contributed by atoms with Gasteiger partial charge < -0.3 is 0 Å². The van der Waals surface area contributed by atoms with Gasteiger partial charge in [0, 0.05) is 5.56 Å². The number of anilines is 1. The molecule has 0 radical (unpaired) electrons. The molecule has 1 aliphatic carbocycles. The van der Waals surface area contributed by atoms with E-state index in [1.54, 1.807) is 24.3 Å². The van der Waals surface area contributed by atoms with Crippen molar-refractivity contribution >= 4 is 23.3 Å². The average Bonchev–Trinajstić information content (AvgIpc) is 2.70. The SMILES string of the molecule is CC(=O)c1cccc(N2C(=O)[C@H]3CC[C@H](C)C[C@H]3C2=O)c1. The van der Waals surface area contributed by atoms with Crippen LogP contribution in [0, 0.1) is 17.8 Å². The van der Waals surface area contributed by atoms with Crippen molar-refractivity contribution in [3.8, 4) is 0 Å². The van der Waals surface area contributed by atoms with Crippen LogP contribution in [0.5, 0.6) is 0 Å². The molecule has 1 saturated heterocycles. The number of amides is 2. The lowest BCUT2D eigenvalue weighted by Crippen LogP contribution is -2.31. The van der Waals surface area contributed by atoms with Crippen LogP contribution in [-0.2, 0) is 9.59 Å². The fourth-order valence-electron chi connectivity index (χ4n) is 3.51. The molecule has 2 amide bonds. The Hall–Kier alpha value is -1.97. The van der Waals surface area contributed by atoms with Gasteiger partial charge in [-0.05, 0) is 44.2 Å². The second kappa shape index (κ2) is 5.10. The molecule has 0 bridgehead atoms. The van der Waals surface area contributed by atoms with Gasteiger partial charge in [-0.1, -0.05) is 19.1 Å². The van der Waals surface area contributed by atoms with Gasteiger partial charge in [0.15, 0.2) is 5.78 Å². The van der Waals surface area contributed by atoms with Gasteiger partial charge in [0.05, 0.1) is 17.5 Å². The Balaban J connectivity index is 1.95. The Morgan fingerprint density at radius 3 is 2.57 bits per heavy atom. The summed E-state index contributed by atoms with van der Waals surface area (Å²) in [6.45, 7) is 3.61. The summed E-state index contributed by atoms with van der Waals surface area (Å²) in [5.41, 5.74) is 1.05. The van der Waals surface area contributed by atoms with E-state index in [4.69, 9.17) is 0 Å². The van der Waals surface area contributed by atoms with Crippen LogP contribution in [0.25, 0.3) is 0 Å². The largest absolute Gasteiger partial charge is 0.295 e. The maximum Gasteiger partial charge on any atom is 0.237 e. The van der Waals surface area contributed by atoms with E-state index in [0.717, 1.165) is 19.3 Å². The van der Waals surface area contributed by atoms with Gasteiger partial charge in [0.1, 0.15) is 0 Å². The summed E-state index contributed by atoms with van der Waals surface area (Å²) in [4.78, 5) is 37.9. The van der Waals surface area contributed by atoms with Crippen LogP contribution in [0.3, 0.4) is 0 Å². The second-order valence-electron chi connectivity index (χ2n) is 6.25. The lowest BCUT2D eigenvalue weighted by atomic mass is 9.76. The third-order valence-electron chi connectivity index (χ3n) is 4.70. The molecular weight excluding hydrogens is 266 g/mol. The fourth-order valence-corrected chi connectivity index (χ4v) is 3.51. The Bertz CT molecular complexity index is 622. The molecule has 0 unspecified atom stereocenters. The maximum absolute atomic E-state index is 12.6. The third kappa shape index (κ3) is 2.28. The molecule has 2 fully saturated rings.